The van der Waals surface area contributed by atoms with E-state index in [9.17, 15) is 9.90 Å². The lowest BCUT2D eigenvalue weighted by atomic mass is 9.87. The van der Waals surface area contributed by atoms with Crippen LogP contribution < -0.4 is 14.2 Å². The fraction of sp³-hybridized carbons (Fsp3) is 0.367. The monoisotopic (exact) mass is 518 g/mol. The number of rotatable bonds is 4. The second kappa shape index (κ2) is 11.8. The maximum atomic E-state index is 14.0. The first kappa shape index (κ1) is 25.9. The second-order valence-corrected chi connectivity index (χ2v) is 9.56. The Labute approximate surface area is 223 Å². The first-order valence-corrected chi connectivity index (χ1v) is 12.9. The van der Waals surface area contributed by atoms with Crippen LogP contribution in [0.4, 0.5) is 0 Å². The van der Waals surface area contributed by atoms with Gasteiger partial charge >= 0.3 is 0 Å². The number of hydrogen-bond acceptors (Lipinski definition) is 7. The van der Waals surface area contributed by atoms with Gasteiger partial charge in [-0.25, -0.2) is 0 Å². The number of benzene rings is 3. The van der Waals surface area contributed by atoms with Crippen molar-refractivity contribution in [2.75, 3.05) is 53.7 Å². The van der Waals surface area contributed by atoms with Gasteiger partial charge < -0.3 is 29.0 Å². The normalized spacial score (nSPS) is 18.5. The maximum Gasteiger partial charge on any atom is 0.237 e. The summed E-state index contributed by atoms with van der Waals surface area (Å²) in [6.07, 6.45) is 0.717. The van der Waals surface area contributed by atoms with Crippen molar-refractivity contribution in [3.05, 3.63) is 82.9 Å². The molecule has 1 unspecified atom stereocenters. The highest BCUT2D eigenvalue weighted by Gasteiger charge is 2.34. The van der Waals surface area contributed by atoms with E-state index in [1.165, 1.54) is 0 Å². The van der Waals surface area contributed by atoms with E-state index < -0.39 is 0 Å². The number of ether oxygens (including phenoxy) is 4. The van der Waals surface area contributed by atoms with E-state index in [0.717, 1.165) is 34.4 Å². The van der Waals surface area contributed by atoms with Gasteiger partial charge in [0.2, 0.25) is 5.91 Å². The molecular weight excluding hydrogens is 484 g/mol. The molecule has 200 valence electrons. The molecule has 8 heteroatoms. The van der Waals surface area contributed by atoms with Crippen LogP contribution >= 0.6 is 0 Å². The van der Waals surface area contributed by atoms with Gasteiger partial charge in [0.1, 0.15) is 18.1 Å². The van der Waals surface area contributed by atoms with Crippen molar-refractivity contribution in [3.63, 3.8) is 0 Å². The standard InChI is InChI=1S/C30H34N2O6/c1-35-27-17-23-10-11-32-29(34)20-31(19-21-4-3-5-24(33)16-21)12-13-37-14-15-38-25-8-6-22(7-9-25)30(32)26(23)18-28(27)36-2/h3-9,16-18,30,33H,10-15,19-20H2,1-2H3. The van der Waals surface area contributed by atoms with E-state index in [-0.39, 0.29) is 24.2 Å². The van der Waals surface area contributed by atoms with Crippen LogP contribution in [0.15, 0.2) is 60.7 Å². The van der Waals surface area contributed by atoms with Gasteiger partial charge in [-0.2, -0.15) is 0 Å². The minimum atomic E-state index is -0.274. The predicted molar refractivity (Wildman–Crippen MR) is 143 cm³/mol. The molecule has 0 saturated heterocycles. The molecule has 0 aliphatic carbocycles. The predicted octanol–water partition coefficient (Wildman–Crippen LogP) is 3.79. The average molecular weight is 519 g/mol. The number of methoxy groups -OCH3 is 2. The minimum absolute atomic E-state index is 0.0331. The smallest absolute Gasteiger partial charge is 0.237 e. The Kier molecular flexibility index (Phi) is 8.00. The number of nitrogens with zero attached hydrogens (tertiary/aromatic N) is 2. The van der Waals surface area contributed by atoms with E-state index >= 15 is 0 Å². The van der Waals surface area contributed by atoms with Crippen molar-refractivity contribution in [1.29, 1.82) is 0 Å². The molecule has 0 fully saturated rings. The molecule has 3 heterocycles. The number of amides is 1. The molecule has 3 aliphatic rings. The lowest BCUT2D eigenvalue weighted by Crippen LogP contribution is -2.46. The van der Waals surface area contributed by atoms with Gasteiger partial charge in [-0.1, -0.05) is 24.3 Å². The quantitative estimate of drug-likeness (QED) is 0.527. The Hall–Kier alpha value is -3.75. The number of carbonyl (C=O) groups is 1. The zero-order valence-electron chi connectivity index (χ0n) is 21.9. The summed E-state index contributed by atoms with van der Waals surface area (Å²) in [5, 5.41) is 9.95. The van der Waals surface area contributed by atoms with E-state index in [2.05, 4.69) is 4.90 Å². The largest absolute Gasteiger partial charge is 0.508 e. The summed E-state index contributed by atoms with van der Waals surface area (Å²) in [6.45, 7) is 3.28. The topological polar surface area (TPSA) is 80.7 Å². The molecule has 0 saturated carbocycles. The molecule has 0 radical (unpaired) electrons. The summed E-state index contributed by atoms with van der Waals surface area (Å²) in [6, 6.07) is 18.8. The molecule has 1 atom stereocenters. The molecule has 0 spiro atoms. The molecule has 3 aromatic rings. The lowest BCUT2D eigenvalue weighted by Gasteiger charge is -2.39. The van der Waals surface area contributed by atoms with Gasteiger partial charge in [0, 0.05) is 19.6 Å². The number of fused-ring (bicyclic) bond motifs is 11. The van der Waals surface area contributed by atoms with Gasteiger partial charge in [-0.3, -0.25) is 9.69 Å². The van der Waals surface area contributed by atoms with Crippen LogP contribution in [-0.2, 0) is 22.5 Å². The van der Waals surface area contributed by atoms with Gasteiger partial charge in [-0.05, 0) is 65.1 Å². The summed E-state index contributed by atoms with van der Waals surface area (Å²) in [5.41, 5.74) is 4.11. The Bertz CT molecular complexity index is 1260. The van der Waals surface area contributed by atoms with Gasteiger partial charge in [0.25, 0.3) is 0 Å². The highest BCUT2D eigenvalue weighted by molar-refractivity contribution is 5.80. The van der Waals surface area contributed by atoms with Crippen LogP contribution in [-0.4, -0.2) is 74.5 Å². The van der Waals surface area contributed by atoms with Crippen LogP contribution in [0, 0.1) is 0 Å². The SMILES string of the molecule is COc1cc2c(cc1OC)C1c3ccc(cc3)OCCOCCN(Cc3cccc(O)c3)CC(=O)N1CC2. The zero-order chi connectivity index (χ0) is 26.5. The van der Waals surface area contributed by atoms with Crippen molar-refractivity contribution >= 4 is 5.91 Å². The summed E-state index contributed by atoms with van der Waals surface area (Å²) in [5.74, 6) is 2.33. The van der Waals surface area contributed by atoms with Crippen LogP contribution in [0.25, 0.3) is 0 Å². The summed E-state index contributed by atoms with van der Waals surface area (Å²) >= 11 is 0. The zero-order valence-corrected chi connectivity index (χ0v) is 21.9. The molecule has 2 bridgehead atoms. The molecule has 0 aromatic heterocycles. The Morgan fingerprint density at radius 2 is 1.74 bits per heavy atom. The van der Waals surface area contributed by atoms with Gasteiger partial charge in [0.05, 0.1) is 40.0 Å². The third-order valence-corrected chi connectivity index (χ3v) is 7.11. The first-order chi connectivity index (χ1) is 18.6. The lowest BCUT2D eigenvalue weighted by molar-refractivity contribution is -0.134. The fourth-order valence-corrected chi connectivity index (χ4v) is 5.24. The van der Waals surface area contributed by atoms with Crippen molar-refractivity contribution in [2.45, 2.75) is 19.0 Å². The number of carbonyl (C=O) groups excluding carboxylic acids is 1. The van der Waals surface area contributed by atoms with Crippen LogP contribution in [0.1, 0.15) is 28.3 Å². The minimum Gasteiger partial charge on any atom is -0.508 e. The number of phenols is 1. The molecule has 1 amide bonds. The molecule has 38 heavy (non-hydrogen) atoms. The van der Waals surface area contributed by atoms with E-state index in [1.807, 2.05) is 53.4 Å². The summed E-state index contributed by atoms with van der Waals surface area (Å²) in [4.78, 5) is 18.0. The van der Waals surface area contributed by atoms with Crippen molar-refractivity contribution < 1.29 is 28.8 Å². The van der Waals surface area contributed by atoms with Gasteiger partial charge in [-0.15, -0.1) is 0 Å². The molecule has 8 nitrogen and oxygen atoms in total. The number of aromatic hydroxyl groups is 1. The first-order valence-electron chi connectivity index (χ1n) is 12.9. The molecule has 6 rings (SSSR count). The molecule has 3 aliphatic heterocycles. The van der Waals surface area contributed by atoms with E-state index in [4.69, 9.17) is 18.9 Å². The van der Waals surface area contributed by atoms with Gasteiger partial charge in [0.15, 0.2) is 11.5 Å². The summed E-state index contributed by atoms with van der Waals surface area (Å²) < 4.78 is 22.9. The highest BCUT2D eigenvalue weighted by Crippen LogP contribution is 2.41. The average Bonchev–Trinajstić information content (AvgIpc) is 2.94. The van der Waals surface area contributed by atoms with Crippen LogP contribution in [0.2, 0.25) is 0 Å². The second-order valence-electron chi connectivity index (χ2n) is 9.56. The van der Waals surface area contributed by atoms with Crippen LogP contribution in [0.5, 0.6) is 23.0 Å². The van der Waals surface area contributed by atoms with E-state index in [1.54, 1.807) is 26.4 Å². The molecule has 3 aromatic carbocycles. The van der Waals surface area contributed by atoms with Crippen LogP contribution in [0.3, 0.4) is 0 Å². The third kappa shape index (κ3) is 5.71. The number of hydrogen-bond donors (Lipinski definition) is 1. The van der Waals surface area contributed by atoms with E-state index in [0.29, 0.717) is 51.0 Å². The fourth-order valence-electron chi connectivity index (χ4n) is 5.24. The van der Waals surface area contributed by atoms with Crippen molar-refractivity contribution in [1.82, 2.24) is 9.80 Å². The molecule has 1 N–H and O–H groups in total. The Morgan fingerprint density at radius 1 is 0.947 bits per heavy atom. The highest BCUT2D eigenvalue weighted by atomic mass is 16.5. The van der Waals surface area contributed by atoms with Crippen molar-refractivity contribution in [3.8, 4) is 23.0 Å². The van der Waals surface area contributed by atoms with Crippen molar-refractivity contribution in [2.24, 2.45) is 0 Å². The third-order valence-electron chi connectivity index (χ3n) is 7.11. The number of phenolic OH excluding ortho intramolecular Hbond substituents is 1. The Morgan fingerprint density at radius 3 is 2.50 bits per heavy atom. The maximum absolute atomic E-state index is 14.0. The summed E-state index contributed by atoms with van der Waals surface area (Å²) in [7, 11) is 3.26. The Balaban J connectivity index is 1.51. The molecular formula is C30H34N2O6.